The maximum Gasteiger partial charge on any atom is 0.347 e. The Labute approximate surface area is 209 Å². The lowest BCUT2D eigenvalue weighted by atomic mass is 10.0. The van der Waals surface area contributed by atoms with Crippen molar-refractivity contribution >= 4 is 17.6 Å². The molecular formula is C29H49ClO3. The predicted octanol–water partition coefficient (Wildman–Crippen LogP) is 9.55. The first kappa shape index (κ1) is 29.8. The number of rotatable bonds is 21. The summed E-state index contributed by atoms with van der Waals surface area (Å²) in [6, 6.07) is 6.99. The number of hydrogen-bond donors (Lipinski definition) is 0. The Hall–Kier alpha value is -1.22. The molecule has 0 heterocycles. The van der Waals surface area contributed by atoms with E-state index in [1.54, 1.807) is 31.2 Å². The standard InChI is InChI=1S/C29H49ClO3/c1-25(2)19-17-15-13-11-9-7-5-4-6-8-10-12-14-16-18-24-32-29(31)26(3)33-28-22-20-27(30)21-23-28/h20-23,25-26H,4-19,24H2,1-3H3. The van der Waals surface area contributed by atoms with E-state index in [4.69, 9.17) is 21.1 Å². The van der Waals surface area contributed by atoms with Gasteiger partial charge >= 0.3 is 5.97 Å². The van der Waals surface area contributed by atoms with Crippen LogP contribution in [0.2, 0.25) is 5.02 Å². The molecule has 0 aliphatic rings. The maximum atomic E-state index is 12.0. The van der Waals surface area contributed by atoms with Crippen LogP contribution in [0.1, 0.15) is 124 Å². The summed E-state index contributed by atoms with van der Waals surface area (Å²) in [4.78, 5) is 12.0. The minimum Gasteiger partial charge on any atom is -0.479 e. The van der Waals surface area contributed by atoms with Crippen molar-refractivity contribution in [1.29, 1.82) is 0 Å². The van der Waals surface area contributed by atoms with Gasteiger partial charge in [0.25, 0.3) is 0 Å². The number of benzene rings is 1. The van der Waals surface area contributed by atoms with Gasteiger partial charge in [0.1, 0.15) is 5.75 Å². The zero-order chi connectivity index (χ0) is 24.2. The highest BCUT2D eigenvalue weighted by molar-refractivity contribution is 6.30. The van der Waals surface area contributed by atoms with Crippen LogP contribution in [0.5, 0.6) is 5.75 Å². The first-order valence-electron chi connectivity index (χ1n) is 13.6. The summed E-state index contributed by atoms with van der Waals surface area (Å²) in [5.41, 5.74) is 0. The Morgan fingerprint density at radius 2 is 1.12 bits per heavy atom. The van der Waals surface area contributed by atoms with Crippen LogP contribution >= 0.6 is 11.6 Å². The molecule has 190 valence electrons. The smallest absolute Gasteiger partial charge is 0.347 e. The van der Waals surface area contributed by atoms with Crippen molar-refractivity contribution < 1.29 is 14.3 Å². The summed E-state index contributed by atoms with van der Waals surface area (Å²) in [5.74, 6) is 1.18. The molecule has 1 aromatic rings. The Morgan fingerprint density at radius 1 is 0.697 bits per heavy atom. The second kappa shape index (κ2) is 20.2. The second-order valence-corrected chi connectivity index (χ2v) is 10.3. The summed E-state index contributed by atoms with van der Waals surface area (Å²) in [6.07, 6.45) is 20.8. The van der Waals surface area contributed by atoms with E-state index in [-0.39, 0.29) is 5.97 Å². The molecule has 1 aromatic carbocycles. The Bertz CT molecular complexity index is 585. The third-order valence-corrected chi connectivity index (χ3v) is 6.38. The van der Waals surface area contributed by atoms with Crippen LogP contribution in [-0.4, -0.2) is 18.7 Å². The molecule has 4 heteroatoms. The number of unbranched alkanes of at least 4 members (excludes halogenated alkanes) is 14. The summed E-state index contributed by atoms with van der Waals surface area (Å²) in [7, 11) is 0. The van der Waals surface area contributed by atoms with Gasteiger partial charge in [-0.3, -0.25) is 0 Å². The van der Waals surface area contributed by atoms with Crippen molar-refractivity contribution in [1.82, 2.24) is 0 Å². The third kappa shape index (κ3) is 17.9. The molecule has 33 heavy (non-hydrogen) atoms. The zero-order valence-electron chi connectivity index (χ0n) is 21.6. The first-order chi connectivity index (χ1) is 16.0. The number of halogens is 1. The van der Waals surface area contributed by atoms with Crippen molar-refractivity contribution in [3.8, 4) is 5.75 Å². The number of ether oxygens (including phenoxy) is 2. The largest absolute Gasteiger partial charge is 0.479 e. The molecule has 0 saturated carbocycles. The van der Waals surface area contributed by atoms with Gasteiger partial charge in [-0.25, -0.2) is 4.79 Å². The molecule has 0 saturated heterocycles. The molecule has 0 aromatic heterocycles. The Kier molecular flexibility index (Phi) is 18.2. The van der Waals surface area contributed by atoms with E-state index in [9.17, 15) is 4.79 Å². The van der Waals surface area contributed by atoms with E-state index in [2.05, 4.69) is 13.8 Å². The predicted molar refractivity (Wildman–Crippen MR) is 141 cm³/mol. The Morgan fingerprint density at radius 3 is 1.58 bits per heavy atom. The monoisotopic (exact) mass is 480 g/mol. The van der Waals surface area contributed by atoms with Crippen LogP contribution in [0.25, 0.3) is 0 Å². The van der Waals surface area contributed by atoms with Gasteiger partial charge in [-0.2, -0.15) is 0 Å². The highest BCUT2D eigenvalue weighted by Gasteiger charge is 2.16. The minimum atomic E-state index is -0.610. The molecule has 0 fully saturated rings. The van der Waals surface area contributed by atoms with E-state index in [0.717, 1.165) is 18.8 Å². The molecule has 0 bridgehead atoms. The summed E-state index contributed by atoms with van der Waals surface area (Å²) in [5, 5.41) is 0.645. The van der Waals surface area contributed by atoms with Gasteiger partial charge in [0.15, 0.2) is 6.10 Å². The number of carbonyl (C=O) groups excluding carboxylic acids is 1. The lowest BCUT2D eigenvalue weighted by molar-refractivity contribution is -0.151. The molecule has 1 rings (SSSR count). The fourth-order valence-electron chi connectivity index (χ4n) is 4.01. The van der Waals surface area contributed by atoms with Crippen molar-refractivity contribution in [2.45, 2.75) is 130 Å². The van der Waals surface area contributed by atoms with Crippen molar-refractivity contribution in [2.75, 3.05) is 6.61 Å². The van der Waals surface area contributed by atoms with Crippen molar-refractivity contribution in [2.24, 2.45) is 5.92 Å². The minimum absolute atomic E-state index is 0.309. The SMILES string of the molecule is CC(C)CCCCCCCCCCCCCCCCCOC(=O)C(C)Oc1ccc(Cl)cc1. The molecule has 1 atom stereocenters. The molecule has 1 unspecified atom stereocenters. The molecule has 0 N–H and O–H groups in total. The fourth-order valence-corrected chi connectivity index (χ4v) is 4.13. The molecule has 0 radical (unpaired) electrons. The van der Waals surface area contributed by atoms with Crippen LogP contribution < -0.4 is 4.74 Å². The topological polar surface area (TPSA) is 35.5 Å². The lowest BCUT2D eigenvalue weighted by Crippen LogP contribution is -2.26. The van der Waals surface area contributed by atoms with E-state index in [1.807, 2.05) is 0 Å². The van der Waals surface area contributed by atoms with Gasteiger partial charge in [-0.1, -0.05) is 122 Å². The molecule has 0 aliphatic heterocycles. The molecule has 0 amide bonds. The van der Waals surface area contributed by atoms with Crippen LogP contribution in [0.4, 0.5) is 0 Å². The lowest BCUT2D eigenvalue weighted by Gasteiger charge is -2.14. The molecule has 0 aliphatic carbocycles. The molecule has 0 spiro atoms. The second-order valence-electron chi connectivity index (χ2n) is 9.87. The van der Waals surface area contributed by atoms with Gasteiger partial charge in [0.05, 0.1) is 6.61 Å². The fraction of sp³-hybridized carbons (Fsp3) is 0.759. The van der Waals surface area contributed by atoms with E-state index in [0.29, 0.717) is 17.4 Å². The van der Waals surface area contributed by atoms with Crippen molar-refractivity contribution in [3.05, 3.63) is 29.3 Å². The van der Waals surface area contributed by atoms with E-state index >= 15 is 0 Å². The highest BCUT2D eigenvalue weighted by atomic mass is 35.5. The van der Waals surface area contributed by atoms with Crippen LogP contribution in [0.15, 0.2) is 24.3 Å². The number of hydrogen-bond acceptors (Lipinski definition) is 3. The Balaban J connectivity index is 1.81. The quantitative estimate of drug-likeness (QED) is 0.130. The van der Waals surface area contributed by atoms with Gasteiger partial charge in [0.2, 0.25) is 0 Å². The van der Waals surface area contributed by atoms with Gasteiger partial charge in [-0.15, -0.1) is 0 Å². The average Bonchev–Trinajstić information content (AvgIpc) is 2.79. The van der Waals surface area contributed by atoms with Crippen LogP contribution in [-0.2, 0) is 9.53 Å². The molecule has 3 nitrogen and oxygen atoms in total. The zero-order valence-corrected chi connectivity index (χ0v) is 22.3. The van der Waals surface area contributed by atoms with E-state index in [1.165, 1.54) is 89.9 Å². The number of carbonyl (C=O) groups is 1. The summed E-state index contributed by atoms with van der Waals surface area (Å²) >= 11 is 5.86. The van der Waals surface area contributed by atoms with Gasteiger partial charge in [0, 0.05) is 5.02 Å². The van der Waals surface area contributed by atoms with Crippen molar-refractivity contribution in [3.63, 3.8) is 0 Å². The van der Waals surface area contributed by atoms with Gasteiger partial charge < -0.3 is 9.47 Å². The van der Waals surface area contributed by atoms with Crippen LogP contribution in [0, 0.1) is 5.92 Å². The highest BCUT2D eigenvalue weighted by Crippen LogP contribution is 2.17. The summed E-state index contributed by atoms with van der Waals surface area (Å²) in [6.45, 7) is 6.84. The third-order valence-electron chi connectivity index (χ3n) is 6.13. The summed E-state index contributed by atoms with van der Waals surface area (Å²) < 4.78 is 10.9. The molecular weight excluding hydrogens is 432 g/mol. The van der Waals surface area contributed by atoms with Crippen LogP contribution in [0.3, 0.4) is 0 Å². The van der Waals surface area contributed by atoms with Gasteiger partial charge in [-0.05, 0) is 43.5 Å². The first-order valence-corrected chi connectivity index (χ1v) is 14.0. The normalized spacial score (nSPS) is 12.2. The number of esters is 1. The van der Waals surface area contributed by atoms with E-state index < -0.39 is 6.10 Å². The average molecular weight is 481 g/mol. The maximum absolute atomic E-state index is 12.0.